The lowest BCUT2D eigenvalue weighted by Gasteiger charge is -2.23. The molecule has 1 amide bonds. The van der Waals surface area contributed by atoms with Gasteiger partial charge in [-0.1, -0.05) is 24.4 Å². The number of nitrogens with zero attached hydrogens (tertiary/aromatic N) is 2. The Morgan fingerprint density at radius 2 is 1.83 bits per heavy atom. The molecule has 2 rings (SSSR count). The fourth-order valence-corrected chi connectivity index (χ4v) is 5.27. The highest BCUT2D eigenvalue weighted by atomic mass is 35.5. The average molecular weight is 461 g/mol. The zero-order valence-electron chi connectivity index (χ0n) is 17.4. The monoisotopic (exact) mass is 460 g/mol. The van der Waals surface area contributed by atoms with E-state index < -0.39 is 21.9 Å². The summed E-state index contributed by atoms with van der Waals surface area (Å²) < 4.78 is 37.7. The van der Waals surface area contributed by atoms with Crippen LogP contribution in [0, 0.1) is 0 Å². The first-order valence-corrected chi connectivity index (χ1v) is 11.9. The Hall–Kier alpha value is -1.68. The van der Waals surface area contributed by atoms with Crippen molar-refractivity contribution < 1.29 is 27.5 Å². The van der Waals surface area contributed by atoms with Gasteiger partial charge in [0.2, 0.25) is 10.0 Å². The van der Waals surface area contributed by atoms with E-state index in [-0.39, 0.29) is 41.8 Å². The van der Waals surface area contributed by atoms with Gasteiger partial charge >= 0.3 is 5.97 Å². The molecule has 0 aliphatic carbocycles. The fraction of sp³-hybridized carbons (Fsp3) is 0.600. The van der Waals surface area contributed by atoms with Gasteiger partial charge in [-0.2, -0.15) is 4.31 Å². The molecule has 0 N–H and O–H groups in total. The van der Waals surface area contributed by atoms with Gasteiger partial charge in [0, 0.05) is 32.3 Å². The SMILES string of the molecule is CCOC(=O)CN(CCOC)C(=O)c1ccc(Cl)c(S(=O)(=O)N2CCCCCC2)c1. The number of esters is 1. The van der Waals surface area contributed by atoms with Crippen molar-refractivity contribution in [1.82, 2.24) is 9.21 Å². The third-order valence-corrected chi connectivity index (χ3v) is 7.22. The third-order valence-electron chi connectivity index (χ3n) is 4.84. The maximum atomic E-state index is 13.2. The van der Waals surface area contributed by atoms with E-state index in [1.165, 1.54) is 34.5 Å². The normalized spacial score (nSPS) is 15.4. The van der Waals surface area contributed by atoms with Crippen LogP contribution in [0.5, 0.6) is 0 Å². The van der Waals surface area contributed by atoms with E-state index in [4.69, 9.17) is 21.1 Å². The van der Waals surface area contributed by atoms with Crippen LogP contribution in [0.25, 0.3) is 0 Å². The lowest BCUT2D eigenvalue weighted by Crippen LogP contribution is -2.39. The van der Waals surface area contributed by atoms with Crippen molar-refractivity contribution in [3.05, 3.63) is 28.8 Å². The summed E-state index contributed by atoms with van der Waals surface area (Å²) in [5.41, 5.74) is 0.133. The van der Waals surface area contributed by atoms with E-state index in [9.17, 15) is 18.0 Å². The summed E-state index contributed by atoms with van der Waals surface area (Å²) in [5, 5.41) is 0.0598. The van der Waals surface area contributed by atoms with Gasteiger partial charge in [0.1, 0.15) is 11.4 Å². The number of carbonyl (C=O) groups is 2. The topological polar surface area (TPSA) is 93.2 Å². The molecule has 0 atom stereocenters. The van der Waals surface area contributed by atoms with E-state index in [1.807, 2.05) is 0 Å². The standard InChI is InChI=1S/C20H29ClN2O6S/c1-3-29-19(24)15-22(12-13-28-2)20(25)16-8-9-17(21)18(14-16)30(26,27)23-10-6-4-5-7-11-23/h8-9,14H,3-7,10-13,15H2,1-2H3. The second-order valence-corrected chi connectivity index (χ2v) is 9.30. The van der Waals surface area contributed by atoms with Crippen molar-refractivity contribution in [1.29, 1.82) is 0 Å². The molecule has 0 spiro atoms. The van der Waals surface area contributed by atoms with E-state index in [2.05, 4.69) is 0 Å². The molecular weight excluding hydrogens is 432 g/mol. The molecule has 1 aromatic carbocycles. The fourth-order valence-electron chi connectivity index (χ4n) is 3.25. The predicted molar refractivity (Wildman–Crippen MR) is 113 cm³/mol. The molecule has 0 unspecified atom stereocenters. The van der Waals surface area contributed by atoms with E-state index in [0.717, 1.165) is 25.7 Å². The maximum absolute atomic E-state index is 13.2. The summed E-state index contributed by atoms with van der Waals surface area (Å²) >= 11 is 6.21. The number of hydrogen-bond donors (Lipinski definition) is 0. The van der Waals surface area contributed by atoms with E-state index in [1.54, 1.807) is 6.92 Å². The van der Waals surface area contributed by atoms with Crippen LogP contribution in [0.1, 0.15) is 43.0 Å². The van der Waals surface area contributed by atoms with Crippen LogP contribution >= 0.6 is 11.6 Å². The molecule has 1 aliphatic heterocycles. The second-order valence-electron chi connectivity index (χ2n) is 6.99. The second kappa shape index (κ2) is 11.6. The highest BCUT2D eigenvalue weighted by Crippen LogP contribution is 2.28. The minimum Gasteiger partial charge on any atom is -0.465 e. The number of rotatable bonds is 9. The average Bonchev–Trinajstić information content (AvgIpc) is 3.01. The van der Waals surface area contributed by atoms with Gasteiger partial charge < -0.3 is 14.4 Å². The molecule has 0 radical (unpaired) electrons. The van der Waals surface area contributed by atoms with Gasteiger partial charge in [-0.25, -0.2) is 8.42 Å². The Morgan fingerprint density at radius 3 is 2.43 bits per heavy atom. The van der Waals surface area contributed by atoms with Crippen molar-refractivity contribution in [3.8, 4) is 0 Å². The Balaban J connectivity index is 2.32. The first-order valence-electron chi connectivity index (χ1n) is 10.0. The minimum atomic E-state index is -3.83. The molecular formula is C20H29ClN2O6S. The van der Waals surface area contributed by atoms with Crippen molar-refractivity contribution in [3.63, 3.8) is 0 Å². The number of halogens is 1. The number of methoxy groups -OCH3 is 1. The Morgan fingerprint density at radius 1 is 1.17 bits per heavy atom. The number of ether oxygens (including phenoxy) is 2. The molecule has 10 heteroatoms. The number of hydrogen-bond acceptors (Lipinski definition) is 6. The molecule has 1 aromatic rings. The summed E-state index contributed by atoms with van der Waals surface area (Å²) in [5.74, 6) is -1.04. The predicted octanol–water partition coefficient (Wildman–Crippen LogP) is 2.56. The van der Waals surface area contributed by atoms with Gasteiger partial charge in [0.05, 0.1) is 18.2 Å². The zero-order valence-corrected chi connectivity index (χ0v) is 19.0. The highest BCUT2D eigenvalue weighted by molar-refractivity contribution is 7.89. The molecule has 1 fully saturated rings. The molecule has 30 heavy (non-hydrogen) atoms. The Bertz CT molecular complexity index is 838. The summed E-state index contributed by atoms with van der Waals surface area (Å²) in [7, 11) is -2.34. The Kier molecular flexibility index (Phi) is 9.54. The van der Waals surface area contributed by atoms with Gasteiger partial charge in [0.15, 0.2) is 0 Å². The molecule has 1 aliphatic rings. The van der Waals surface area contributed by atoms with Crippen molar-refractivity contribution in [2.24, 2.45) is 0 Å². The number of amides is 1. The molecule has 1 heterocycles. The van der Waals surface area contributed by atoms with Crippen molar-refractivity contribution >= 4 is 33.5 Å². The molecule has 168 valence electrons. The van der Waals surface area contributed by atoms with E-state index in [0.29, 0.717) is 13.1 Å². The maximum Gasteiger partial charge on any atom is 0.325 e. The van der Waals surface area contributed by atoms with Gasteiger partial charge in [0.25, 0.3) is 5.91 Å². The van der Waals surface area contributed by atoms with Crippen LogP contribution in [0.3, 0.4) is 0 Å². The Labute approximate surface area is 183 Å². The molecule has 0 aromatic heterocycles. The van der Waals surface area contributed by atoms with E-state index >= 15 is 0 Å². The van der Waals surface area contributed by atoms with Gasteiger partial charge in [-0.05, 0) is 38.0 Å². The van der Waals surface area contributed by atoms with Crippen LogP contribution in [-0.2, 0) is 24.3 Å². The summed E-state index contributed by atoms with van der Waals surface area (Å²) in [6, 6.07) is 4.14. The quantitative estimate of drug-likeness (QED) is 0.526. The highest BCUT2D eigenvalue weighted by Gasteiger charge is 2.29. The van der Waals surface area contributed by atoms with Gasteiger partial charge in [-0.15, -0.1) is 0 Å². The third kappa shape index (κ3) is 6.41. The lowest BCUT2D eigenvalue weighted by molar-refractivity contribution is -0.143. The molecule has 0 saturated carbocycles. The first kappa shape index (κ1) is 24.6. The van der Waals surface area contributed by atoms with Crippen LogP contribution in [-0.4, -0.2) is 76.0 Å². The summed E-state index contributed by atoms with van der Waals surface area (Å²) in [6.07, 6.45) is 3.56. The van der Waals surface area contributed by atoms with Crippen molar-refractivity contribution in [2.45, 2.75) is 37.5 Å². The smallest absolute Gasteiger partial charge is 0.325 e. The van der Waals surface area contributed by atoms with Crippen LogP contribution in [0.2, 0.25) is 5.02 Å². The lowest BCUT2D eigenvalue weighted by atomic mass is 10.2. The van der Waals surface area contributed by atoms with Crippen molar-refractivity contribution in [2.75, 3.05) is 46.5 Å². The minimum absolute atomic E-state index is 0.0598. The van der Waals surface area contributed by atoms with Crippen LogP contribution in [0.15, 0.2) is 23.1 Å². The summed E-state index contributed by atoms with van der Waals surface area (Å²) in [6.45, 7) is 2.86. The zero-order chi connectivity index (χ0) is 22.1. The largest absolute Gasteiger partial charge is 0.465 e. The molecule has 8 nitrogen and oxygen atoms in total. The number of carbonyl (C=O) groups excluding carboxylic acids is 2. The van der Waals surface area contributed by atoms with Crippen LogP contribution < -0.4 is 0 Å². The first-order chi connectivity index (χ1) is 14.3. The van der Waals surface area contributed by atoms with Crippen LogP contribution in [0.4, 0.5) is 0 Å². The number of sulfonamides is 1. The summed E-state index contributed by atoms with van der Waals surface area (Å²) in [4.78, 5) is 26.1. The number of benzene rings is 1. The molecule has 1 saturated heterocycles. The molecule has 0 bridgehead atoms. The van der Waals surface area contributed by atoms with Gasteiger partial charge in [-0.3, -0.25) is 9.59 Å².